The second-order valence-electron chi connectivity index (χ2n) is 5.66. The van der Waals surface area contributed by atoms with Gasteiger partial charge in [-0.3, -0.25) is 0 Å². The molecule has 0 heterocycles. The van der Waals surface area contributed by atoms with Crippen molar-refractivity contribution in [3.63, 3.8) is 0 Å². The van der Waals surface area contributed by atoms with Gasteiger partial charge in [-0.05, 0) is 30.0 Å². The molecule has 23 heavy (non-hydrogen) atoms. The Morgan fingerprint density at radius 2 is 1.91 bits per heavy atom. The van der Waals surface area contributed by atoms with E-state index in [2.05, 4.69) is 0 Å². The summed E-state index contributed by atoms with van der Waals surface area (Å²) in [5.41, 5.74) is 7.27. The highest BCUT2D eigenvalue weighted by atomic mass is 35.5. The molecule has 0 saturated heterocycles. The normalized spacial score (nSPS) is 15.0. The lowest BCUT2D eigenvalue weighted by Crippen LogP contribution is -2.36. The Morgan fingerprint density at radius 1 is 1.22 bits per heavy atom. The Balaban J connectivity index is 2.15. The van der Waals surface area contributed by atoms with Gasteiger partial charge in [0.05, 0.1) is 18.2 Å². The SMILES string of the molecule is COc1ccccc1CC(C)[C@@H](N)[C@H](O)c1cccc(Cl)c1F. The Kier molecular flexibility index (Phi) is 5.99. The second-order valence-corrected chi connectivity index (χ2v) is 6.07. The highest BCUT2D eigenvalue weighted by Crippen LogP contribution is 2.29. The summed E-state index contributed by atoms with van der Waals surface area (Å²) in [5.74, 6) is 0.0660. The minimum Gasteiger partial charge on any atom is -0.496 e. The predicted octanol–water partition coefficient (Wildman–Crippen LogP) is 3.73. The number of hydrogen-bond acceptors (Lipinski definition) is 3. The van der Waals surface area contributed by atoms with Crippen molar-refractivity contribution in [1.29, 1.82) is 0 Å². The van der Waals surface area contributed by atoms with Crippen molar-refractivity contribution in [2.24, 2.45) is 11.7 Å². The molecule has 124 valence electrons. The minimum absolute atomic E-state index is 0.0221. The number of ether oxygens (including phenoxy) is 1. The number of hydrogen-bond donors (Lipinski definition) is 2. The lowest BCUT2D eigenvalue weighted by Gasteiger charge is -2.26. The first kappa shape index (κ1) is 17.7. The summed E-state index contributed by atoms with van der Waals surface area (Å²) in [4.78, 5) is 0. The van der Waals surface area contributed by atoms with Gasteiger partial charge in [-0.2, -0.15) is 0 Å². The summed E-state index contributed by atoms with van der Waals surface area (Å²) in [6.07, 6.45) is -0.511. The number of methoxy groups -OCH3 is 1. The quantitative estimate of drug-likeness (QED) is 0.844. The molecule has 0 aromatic heterocycles. The molecule has 0 bridgehead atoms. The predicted molar refractivity (Wildman–Crippen MR) is 90.2 cm³/mol. The molecule has 0 aliphatic rings. The standard InChI is InChI=1S/C18H21ClFNO2/c1-11(10-12-6-3-4-9-15(12)23-2)17(21)18(22)13-7-5-8-14(19)16(13)20/h3-9,11,17-18,22H,10,21H2,1-2H3/t11?,17-,18-/m1/s1. The van der Waals surface area contributed by atoms with Gasteiger partial charge in [0.1, 0.15) is 11.6 Å². The number of nitrogens with two attached hydrogens (primary N) is 1. The van der Waals surface area contributed by atoms with Crippen LogP contribution in [0.15, 0.2) is 42.5 Å². The topological polar surface area (TPSA) is 55.5 Å². The van der Waals surface area contributed by atoms with Gasteiger partial charge in [0, 0.05) is 11.6 Å². The van der Waals surface area contributed by atoms with Gasteiger partial charge in [-0.25, -0.2) is 4.39 Å². The Morgan fingerprint density at radius 3 is 2.61 bits per heavy atom. The van der Waals surface area contributed by atoms with Crippen LogP contribution in [0.25, 0.3) is 0 Å². The summed E-state index contributed by atoms with van der Waals surface area (Å²) in [6.45, 7) is 1.92. The molecular weight excluding hydrogens is 317 g/mol. The van der Waals surface area contributed by atoms with E-state index < -0.39 is 18.0 Å². The molecule has 0 spiro atoms. The molecule has 0 aliphatic heterocycles. The number of aliphatic hydroxyl groups is 1. The van der Waals surface area contributed by atoms with E-state index in [1.807, 2.05) is 31.2 Å². The molecule has 1 unspecified atom stereocenters. The van der Waals surface area contributed by atoms with Crippen LogP contribution in [0.4, 0.5) is 4.39 Å². The van der Waals surface area contributed by atoms with Crippen molar-refractivity contribution >= 4 is 11.6 Å². The van der Waals surface area contributed by atoms with Gasteiger partial charge in [-0.15, -0.1) is 0 Å². The van der Waals surface area contributed by atoms with Crippen LogP contribution >= 0.6 is 11.6 Å². The van der Waals surface area contributed by atoms with Crippen LogP contribution in [0.3, 0.4) is 0 Å². The molecule has 2 aromatic rings. The van der Waals surface area contributed by atoms with Gasteiger partial charge < -0.3 is 15.6 Å². The number of para-hydroxylation sites is 1. The van der Waals surface area contributed by atoms with E-state index >= 15 is 0 Å². The van der Waals surface area contributed by atoms with E-state index in [-0.39, 0.29) is 16.5 Å². The largest absolute Gasteiger partial charge is 0.496 e. The summed E-state index contributed by atoms with van der Waals surface area (Å²) in [5, 5.41) is 10.4. The number of halogens is 2. The highest BCUT2D eigenvalue weighted by Gasteiger charge is 2.26. The van der Waals surface area contributed by atoms with Crippen LogP contribution in [0.1, 0.15) is 24.2 Å². The molecule has 2 aromatic carbocycles. The molecule has 0 radical (unpaired) electrons. The molecule has 3 N–H and O–H groups in total. The summed E-state index contributed by atoms with van der Waals surface area (Å²) in [6, 6.07) is 11.6. The zero-order valence-corrected chi connectivity index (χ0v) is 13.9. The van der Waals surface area contributed by atoms with Crippen molar-refractivity contribution in [2.75, 3.05) is 7.11 Å². The van der Waals surface area contributed by atoms with Crippen LogP contribution < -0.4 is 10.5 Å². The smallest absolute Gasteiger partial charge is 0.147 e. The van der Waals surface area contributed by atoms with Gasteiger partial charge in [-0.1, -0.05) is 48.9 Å². The van der Waals surface area contributed by atoms with Gasteiger partial charge in [0.2, 0.25) is 0 Å². The molecule has 0 fully saturated rings. The van der Waals surface area contributed by atoms with Crippen LogP contribution in [0.5, 0.6) is 5.75 Å². The van der Waals surface area contributed by atoms with Crippen LogP contribution in [0.2, 0.25) is 5.02 Å². The highest BCUT2D eigenvalue weighted by molar-refractivity contribution is 6.30. The van der Waals surface area contributed by atoms with Crippen LogP contribution in [-0.2, 0) is 6.42 Å². The van der Waals surface area contributed by atoms with E-state index in [9.17, 15) is 9.50 Å². The maximum absolute atomic E-state index is 14.1. The maximum Gasteiger partial charge on any atom is 0.147 e. The van der Waals surface area contributed by atoms with E-state index in [0.717, 1.165) is 11.3 Å². The van der Waals surface area contributed by atoms with E-state index in [1.54, 1.807) is 13.2 Å². The maximum atomic E-state index is 14.1. The lowest BCUT2D eigenvalue weighted by atomic mass is 9.88. The fourth-order valence-electron chi connectivity index (χ4n) is 2.62. The molecule has 2 rings (SSSR count). The van der Waals surface area contributed by atoms with E-state index in [0.29, 0.717) is 6.42 Å². The van der Waals surface area contributed by atoms with Crippen molar-refractivity contribution in [3.05, 3.63) is 64.4 Å². The van der Waals surface area contributed by atoms with Crippen molar-refractivity contribution < 1.29 is 14.2 Å². The third-order valence-electron chi connectivity index (χ3n) is 4.06. The van der Waals surface area contributed by atoms with Gasteiger partial charge in [0.25, 0.3) is 0 Å². The van der Waals surface area contributed by atoms with Gasteiger partial charge >= 0.3 is 0 Å². The van der Waals surface area contributed by atoms with Crippen molar-refractivity contribution in [1.82, 2.24) is 0 Å². The third-order valence-corrected chi connectivity index (χ3v) is 4.35. The Labute approximate surface area is 140 Å². The monoisotopic (exact) mass is 337 g/mol. The average molecular weight is 338 g/mol. The first-order valence-corrected chi connectivity index (χ1v) is 7.83. The first-order chi connectivity index (χ1) is 11.0. The molecule has 3 atom stereocenters. The fourth-order valence-corrected chi connectivity index (χ4v) is 2.80. The average Bonchev–Trinajstić information content (AvgIpc) is 2.56. The number of rotatable bonds is 6. The van der Waals surface area contributed by atoms with Crippen LogP contribution in [-0.4, -0.2) is 18.3 Å². The van der Waals surface area contributed by atoms with Crippen LogP contribution in [0, 0.1) is 11.7 Å². The number of benzene rings is 2. The van der Waals surface area contributed by atoms with Gasteiger partial charge in [0.15, 0.2) is 0 Å². The fraction of sp³-hybridized carbons (Fsp3) is 0.333. The Hall–Kier alpha value is -1.62. The van der Waals surface area contributed by atoms with Crippen molar-refractivity contribution in [2.45, 2.75) is 25.5 Å². The van der Waals surface area contributed by atoms with Crippen molar-refractivity contribution in [3.8, 4) is 5.75 Å². The Bertz CT molecular complexity index is 665. The summed E-state index contributed by atoms with van der Waals surface area (Å²) < 4.78 is 19.4. The number of aliphatic hydroxyl groups excluding tert-OH is 1. The second kappa shape index (κ2) is 7.77. The molecule has 0 amide bonds. The zero-order valence-electron chi connectivity index (χ0n) is 13.2. The third kappa shape index (κ3) is 4.02. The molecule has 3 nitrogen and oxygen atoms in total. The lowest BCUT2D eigenvalue weighted by molar-refractivity contribution is 0.117. The molecule has 5 heteroatoms. The zero-order chi connectivity index (χ0) is 17.0. The molecule has 0 saturated carbocycles. The summed E-state index contributed by atoms with van der Waals surface area (Å²) in [7, 11) is 1.61. The molecular formula is C18H21ClFNO2. The van der Waals surface area contributed by atoms with E-state index in [1.165, 1.54) is 12.1 Å². The molecule has 0 aliphatic carbocycles. The first-order valence-electron chi connectivity index (χ1n) is 7.45. The van der Waals surface area contributed by atoms with E-state index in [4.69, 9.17) is 22.1 Å². The summed E-state index contributed by atoms with van der Waals surface area (Å²) >= 11 is 5.77. The minimum atomic E-state index is -1.13.